The molecule has 2 aromatic rings. The number of nitrogens with two attached hydrogens (primary N) is 1. The molecule has 1 amide bonds. The first-order chi connectivity index (χ1) is 10.8. The second-order valence-corrected chi connectivity index (χ2v) is 7.21. The Morgan fingerprint density at radius 3 is 2.74 bits per heavy atom. The van der Waals surface area contributed by atoms with Crippen molar-refractivity contribution in [1.29, 1.82) is 0 Å². The predicted octanol–water partition coefficient (Wildman–Crippen LogP) is 2.30. The van der Waals surface area contributed by atoms with Crippen LogP contribution in [0.25, 0.3) is 0 Å². The van der Waals surface area contributed by atoms with Crippen molar-refractivity contribution in [3.63, 3.8) is 0 Å². The van der Waals surface area contributed by atoms with E-state index in [0.717, 1.165) is 26.1 Å². The predicted molar refractivity (Wildman–Crippen MR) is 90.0 cm³/mol. The lowest BCUT2D eigenvalue weighted by atomic mass is 9.97. The van der Waals surface area contributed by atoms with Crippen molar-refractivity contribution < 1.29 is 4.79 Å². The van der Waals surface area contributed by atoms with E-state index >= 15 is 0 Å². The minimum Gasteiger partial charge on any atom is -0.366 e. The number of amides is 1. The maximum absolute atomic E-state index is 11.4. The van der Waals surface area contributed by atoms with Gasteiger partial charge in [-0.15, -0.1) is 0 Å². The molecule has 5 heteroatoms. The number of fused-ring (bicyclic) bond motifs is 1. The average Bonchev–Trinajstić information content (AvgIpc) is 2.94. The second kappa shape index (κ2) is 5.81. The SMILES string of the molecule is CC(C)(C)n1nccc1CN1CCc2ccc(C(N)=O)cc2C1. The molecule has 23 heavy (non-hydrogen) atoms. The molecular formula is C18H24N4O. The van der Waals surface area contributed by atoms with Crippen molar-refractivity contribution in [1.82, 2.24) is 14.7 Å². The van der Waals surface area contributed by atoms with Crippen molar-refractivity contribution >= 4 is 5.91 Å². The highest BCUT2D eigenvalue weighted by atomic mass is 16.1. The van der Waals surface area contributed by atoms with Gasteiger partial charge in [0.25, 0.3) is 0 Å². The summed E-state index contributed by atoms with van der Waals surface area (Å²) in [6.45, 7) is 9.19. The van der Waals surface area contributed by atoms with Crippen LogP contribution in [0, 0.1) is 0 Å². The fraction of sp³-hybridized carbons (Fsp3) is 0.444. The maximum Gasteiger partial charge on any atom is 0.248 e. The summed E-state index contributed by atoms with van der Waals surface area (Å²) in [6, 6.07) is 7.88. The van der Waals surface area contributed by atoms with Crippen molar-refractivity contribution in [2.75, 3.05) is 6.54 Å². The molecule has 122 valence electrons. The van der Waals surface area contributed by atoms with Crippen LogP contribution in [-0.2, 0) is 25.0 Å². The zero-order valence-electron chi connectivity index (χ0n) is 14.0. The lowest BCUT2D eigenvalue weighted by Crippen LogP contribution is -2.33. The van der Waals surface area contributed by atoms with Crippen LogP contribution in [0.4, 0.5) is 0 Å². The lowest BCUT2D eigenvalue weighted by molar-refractivity contribution is 0.1000. The smallest absolute Gasteiger partial charge is 0.248 e. The van der Waals surface area contributed by atoms with Gasteiger partial charge in [-0.2, -0.15) is 5.10 Å². The number of rotatable bonds is 3. The van der Waals surface area contributed by atoms with Gasteiger partial charge >= 0.3 is 0 Å². The van der Waals surface area contributed by atoms with E-state index in [1.54, 1.807) is 0 Å². The van der Waals surface area contributed by atoms with E-state index in [4.69, 9.17) is 5.73 Å². The van der Waals surface area contributed by atoms with Crippen LogP contribution in [0.3, 0.4) is 0 Å². The quantitative estimate of drug-likeness (QED) is 0.946. The van der Waals surface area contributed by atoms with Gasteiger partial charge in [0.15, 0.2) is 0 Å². The molecule has 0 saturated heterocycles. The molecule has 5 nitrogen and oxygen atoms in total. The number of nitrogens with zero attached hydrogens (tertiary/aromatic N) is 3. The number of hydrogen-bond donors (Lipinski definition) is 1. The number of aromatic nitrogens is 2. The number of hydrogen-bond acceptors (Lipinski definition) is 3. The van der Waals surface area contributed by atoms with Crippen molar-refractivity contribution in [3.05, 3.63) is 52.8 Å². The van der Waals surface area contributed by atoms with E-state index in [1.165, 1.54) is 16.8 Å². The summed E-state index contributed by atoms with van der Waals surface area (Å²) < 4.78 is 2.09. The third-order valence-corrected chi connectivity index (χ3v) is 4.32. The molecule has 2 heterocycles. The molecule has 0 saturated carbocycles. The van der Waals surface area contributed by atoms with Crippen molar-refractivity contribution in [2.45, 2.75) is 45.8 Å². The highest BCUT2D eigenvalue weighted by Gasteiger charge is 2.22. The van der Waals surface area contributed by atoms with Gasteiger partial charge in [-0.3, -0.25) is 14.4 Å². The molecule has 0 spiro atoms. The molecule has 1 aromatic heterocycles. The van der Waals surface area contributed by atoms with Gasteiger partial charge in [0, 0.05) is 31.4 Å². The van der Waals surface area contributed by atoms with E-state index in [-0.39, 0.29) is 11.4 Å². The van der Waals surface area contributed by atoms with Gasteiger partial charge in [0.2, 0.25) is 5.91 Å². The number of carbonyl (C=O) groups is 1. The lowest BCUT2D eigenvalue weighted by Gasteiger charge is -2.30. The van der Waals surface area contributed by atoms with Crippen LogP contribution >= 0.6 is 0 Å². The van der Waals surface area contributed by atoms with Crippen LogP contribution in [0.5, 0.6) is 0 Å². The molecule has 1 aromatic carbocycles. The largest absolute Gasteiger partial charge is 0.366 e. The third kappa shape index (κ3) is 3.29. The Labute approximate surface area is 137 Å². The van der Waals surface area contributed by atoms with Crippen LogP contribution < -0.4 is 5.73 Å². The van der Waals surface area contributed by atoms with Gasteiger partial charge in [-0.25, -0.2) is 0 Å². The highest BCUT2D eigenvalue weighted by molar-refractivity contribution is 5.93. The molecule has 0 fully saturated rings. The van der Waals surface area contributed by atoms with E-state index < -0.39 is 0 Å². The molecule has 0 aliphatic carbocycles. The minimum atomic E-state index is -0.365. The van der Waals surface area contributed by atoms with E-state index in [2.05, 4.69) is 41.5 Å². The fourth-order valence-electron chi connectivity index (χ4n) is 3.19. The van der Waals surface area contributed by atoms with Crippen LogP contribution in [0.1, 0.15) is 48.0 Å². The molecule has 3 rings (SSSR count). The van der Waals surface area contributed by atoms with Crippen LogP contribution in [-0.4, -0.2) is 27.1 Å². The van der Waals surface area contributed by atoms with Crippen molar-refractivity contribution in [3.8, 4) is 0 Å². The second-order valence-electron chi connectivity index (χ2n) is 7.21. The molecule has 1 aliphatic heterocycles. The Bertz CT molecular complexity index is 727. The summed E-state index contributed by atoms with van der Waals surface area (Å²) in [7, 11) is 0. The summed E-state index contributed by atoms with van der Waals surface area (Å²) in [5.41, 5.74) is 9.69. The first kappa shape index (κ1) is 15.7. The summed E-state index contributed by atoms with van der Waals surface area (Å²) in [5.74, 6) is -0.365. The molecule has 0 unspecified atom stereocenters. The number of primary amides is 1. The van der Waals surface area contributed by atoms with Gasteiger partial charge in [0.1, 0.15) is 0 Å². The first-order valence-electron chi connectivity index (χ1n) is 8.02. The molecule has 0 radical (unpaired) electrons. The number of carbonyl (C=O) groups excluding carboxylic acids is 1. The zero-order valence-corrected chi connectivity index (χ0v) is 14.0. The maximum atomic E-state index is 11.4. The van der Waals surface area contributed by atoms with Crippen LogP contribution in [0.2, 0.25) is 0 Å². The molecule has 0 bridgehead atoms. The Hall–Kier alpha value is -2.14. The van der Waals surface area contributed by atoms with Gasteiger partial charge in [-0.05, 0) is 56.5 Å². The molecule has 2 N–H and O–H groups in total. The number of benzene rings is 1. The summed E-state index contributed by atoms with van der Waals surface area (Å²) >= 11 is 0. The van der Waals surface area contributed by atoms with Gasteiger partial charge in [-0.1, -0.05) is 6.07 Å². The summed E-state index contributed by atoms with van der Waals surface area (Å²) in [5, 5.41) is 4.46. The highest BCUT2D eigenvalue weighted by Crippen LogP contribution is 2.23. The van der Waals surface area contributed by atoms with Gasteiger partial charge in [0.05, 0.1) is 11.2 Å². The molecular weight excluding hydrogens is 288 g/mol. The normalized spacial score (nSPS) is 15.4. The van der Waals surface area contributed by atoms with Gasteiger partial charge < -0.3 is 5.73 Å². The Morgan fingerprint density at radius 1 is 1.26 bits per heavy atom. The Balaban J connectivity index is 1.79. The van der Waals surface area contributed by atoms with Crippen LogP contribution in [0.15, 0.2) is 30.5 Å². The van der Waals surface area contributed by atoms with E-state index in [9.17, 15) is 4.79 Å². The zero-order chi connectivity index (χ0) is 16.6. The average molecular weight is 312 g/mol. The van der Waals surface area contributed by atoms with E-state index in [0.29, 0.717) is 5.56 Å². The van der Waals surface area contributed by atoms with Crippen molar-refractivity contribution in [2.24, 2.45) is 5.73 Å². The molecule has 0 atom stereocenters. The third-order valence-electron chi connectivity index (χ3n) is 4.32. The first-order valence-corrected chi connectivity index (χ1v) is 8.02. The summed E-state index contributed by atoms with van der Waals surface area (Å²) in [4.78, 5) is 13.8. The standard InChI is InChI=1S/C18H24N4O/c1-18(2,3)22-16(6-8-20-22)12-21-9-7-13-4-5-14(17(19)23)10-15(13)11-21/h4-6,8,10H,7,9,11-12H2,1-3H3,(H2,19,23). The topological polar surface area (TPSA) is 64.2 Å². The Morgan fingerprint density at radius 2 is 2.04 bits per heavy atom. The monoisotopic (exact) mass is 312 g/mol. The molecule has 1 aliphatic rings. The summed E-state index contributed by atoms with van der Waals surface area (Å²) in [6.07, 6.45) is 2.86. The van der Waals surface area contributed by atoms with E-state index in [1.807, 2.05) is 24.4 Å². The minimum absolute atomic E-state index is 0.0222. The Kier molecular flexibility index (Phi) is 3.98. The fourth-order valence-corrected chi connectivity index (χ4v) is 3.19.